The Hall–Kier alpha value is -1.59. The van der Waals surface area contributed by atoms with E-state index in [4.69, 9.17) is 4.74 Å². The smallest absolute Gasteiger partial charge is 0.226 e. The predicted molar refractivity (Wildman–Crippen MR) is 94.4 cm³/mol. The predicted octanol–water partition coefficient (Wildman–Crippen LogP) is 2.99. The molecule has 3 heterocycles. The lowest BCUT2D eigenvalue weighted by Gasteiger charge is -2.21. The molecule has 5 nitrogen and oxygen atoms in total. The van der Waals surface area contributed by atoms with E-state index < -0.39 is 0 Å². The monoisotopic (exact) mass is 349 g/mol. The number of hydrogen-bond acceptors (Lipinski definition) is 3. The van der Waals surface area contributed by atoms with Crippen LogP contribution in [0.15, 0.2) is 24.5 Å². The number of amides is 1. The van der Waals surface area contributed by atoms with E-state index in [2.05, 4.69) is 27.7 Å². The van der Waals surface area contributed by atoms with Gasteiger partial charge in [0.05, 0.1) is 29.8 Å². The lowest BCUT2D eigenvalue weighted by Crippen LogP contribution is -2.41. The third kappa shape index (κ3) is 3.03. The molecule has 1 N–H and O–H groups in total. The summed E-state index contributed by atoms with van der Waals surface area (Å²) < 4.78 is 7.68. The summed E-state index contributed by atoms with van der Waals surface area (Å²) >= 11 is 0. The van der Waals surface area contributed by atoms with E-state index in [0.29, 0.717) is 6.61 Å². The number of nitrogens with one attached hydrogen (secondary N) is 1. The zero-order chi connectivity index (χ0) is 15.9. The van der Waals surface area contributed by atoms with Gasteiger partial charge in [-0.2, -0.15) is 0 Å². The lowest BCUT2D eigenvalue weighted by atomic mass is 10.0. The van der Waals surface area contributed by atoms with Crippen molar-refractivity contribution in [3.8, 4) is 0 Å². The van der Waals surface area contributed by atoms with Crippen LogP contribution >= 0.6 is 12.4 Å². The molecule has 0 radical (unpaired) electrons. The number of imidazole rings is 1. The summed E-state index contributed by atoms with van der Waals surface area (Å²) in [5, 5.41) is 3.28. The molecular weight excluding hydrogens is 326 g/mol. The fourth-order valence-electron chi connectivity index (χ4n) is 3.49. The summed E-state index contributed by atoms with van der Waals surface area (Å²) in [5.41, 5.74) is 2.02. The van der Waals surface area contributed by atoms with Crippen LogP contribution in [-0.2, 0) is 15.1 Å². The van der Waals surface area contributed by atoms with Crippen molar-refractivity contribution in [1.82, 2.24) is 14.7 Å². The van der Waals surface area contributed by atoms with Crippen LogP contribution in [0.3, 0.4) is 0 Å². The molecule has 0 spiro atoms. The second kappa shape index (κ2) is 6.73. The fraction of sp³-hybridized carbons (Fsp3) is 0.556. The second-order valence-corrected chi connectivity index (χ2v) is 6.87. The highest BCUT2D eigenvalue weighted by molar-refractivity contribution is 5.85. The molecule has 1 aliphatic heterocycles. The number of nitrogens with zero attached hydrogens (tertiary/aromatic N) is 2. The number of aryl methyl sites for hydroxylation is 1. The van der Waals surface area contributed by atoms with Crippen molar-refractivity contribution in [3.63, 3.8) is 0 Å². The van der Waals surface area contributed by atoms with E-state index in [1.165, 1.54) is 5.56 Å². The molecule has 6 heteroatoms. The van der Waals surface area contributed by atoms with E-state index in [0.717, 1.165) is 50.1 Å². The van der Waals surface area contributed by atoms with Crippen LogP contribution in [0.2, 0.25) is 0 Å². The van der Waals surface area contributed by atoms with Crippen molar-refractivity contribution in [3.05, 3.63) is 35.9 Å². The first kappa shape index (κ1) is 17.2. The van der Waals surface area contributed by atoms with Gasteiger partial charge in [-0.1, -0.05) is 12.5 Å². The molecule has 1 unspecified atom stereocenters. The number of hydrogen-bond donors (Lipinski definition) is 1. The first-order valence-corrected chi connectivity index (χ1v) is 8.52. The molecule has 130 valence electrons. The first-order valence-electron chi connectivity index (χ1n) is 8.52. The summed E-state index contributed by atoms with van der Waals surface area (Å²) in [6.45, 7) is 3.41. The van der Waals surface area contributed by atoms with Gasteiger partial charge in [-0.3, -0.25) is 4.79 Å². The molecule has 1 aliphatic carbocycles. The maximum Gasteiger partial charge on any atom is 0.226 e. The Labute approximate surface area is 148 Å². The van der Waals surface area contributed by atoms with Crippen molar-refractivity contribution in [2.75, 3.05) is 13.2 Å². The van der Waals surface area contributed by atoms with Gasteiger partial charge in [0.2, 0.25) is 5.91 Å². The van der Waals surface area contributed by atoms with Crippen molar-refractivity contribution < 1.29 is 9.53 Å². The molecule has 2 aromatic rings. The third-order valence-electron chi connectivity index (χ3n) is 5.10. The molecule has 0 bridgehead atoms. The molecule has 1 atom stereocenters. The van der Waals surface area contributed by atoms with Gasteiger partial charge >= 0.3 is 0 Å². The number of ether oxygens (including phenoxy) is 1. The van der Waals surface area contributed by atoms with Gasteiger partial charge in [0.25, 0.3) is 0 Å². The number of aromatic nitrogens is 2. The summed E-state index contributed by atoms with van der Waals surface area (Å²) in [6, 6.07) is 4.12. The normalized spacial score (nSPS) is 22.5. The molecule has 2 fully saturated rings. The van der Waals surface area contributed by atoms with E-state index >= 15 is 0 Å². The highest BCUT2D eigenvalue weighted by atomic mass is 35.5. The number of pyridine rings is 1. The SMILES string of the molecule is Cc1cccn2c(C3(NC(=O)C4CCCCOC4)CC3)ncc12.Cl. The average Bonchev–Trinajstić information content (AvgIpc) is 3.25. The summed E-state index contributed by atoms with van der Waals surface area (Å²) in [7, 11) is 0. The Morgan fingerprint density at radius 3 is 3.04 bits per heavy atom. The maximum atomic E-state index is 12.7. The molecule has 1 saturated carbocycles. The highest BCUT2D eigenvalue weighted by Crippen LogP contribution is 2.45. The topological polar surface area (TPSA) is 55.6 Å². The van der Waals surface area contributed by atoms with E-state index in [1.54, 1.807) is 0 Å². The third-order valence-corrected chi connectivity index (χ3v) is 5.10. The van der Waals surface area contributed by atoms with Gasteiger partial charge in [-0.25, -0.2) is 4.98 Å². The summed E-state index contributed by atoms with van der Waals surface area (Å²) in [6.07, 6.45) is 8.90. The largest absolute Gasteiger partial charge is 0.381 e. The Morgan fingerprint density at radius 1 is 1.42 bits per heavy atom. The van der Waals surface area contributed by atoms with E-state index in [9.17, 15) is 4.79 Å². The molecule has 24 heavy (non-hydrogen) atoms. The van der Waals surface area contributed by atoms with Crippen molar-refractivity contribution in [2.45, 2.75) is 44.6 Å². The molecule has 1 amide bonds. The lowest BCUT2D eigenvalue weighted by molar-refractivity contribution is -0.127. The summed E-state index contributed by atoms with van der Waals surface area (Å²) in [4.78, 5) is 17.3. The van der Waals surface area contributed by atoms with Crippen molar-refractivity contribution >= 4 is 23.8 Å². The van der Waals surface area contributed by atoms with Gasteiger partial charge in [0.15, 0.2) is 0 Å². The zero-order valence-corrected chi connectivity index (χ0v) is 14.8. The fourth-order valence-corrected chi connectivity index (χ4v) is 3.49. The van der Waals surface area contributed by atoms with Crippen molar-refractivity contribution in [2.24, 2.45) is 5.92 Å². The van der Waals surface area contributed by atoms with E-state index in [1.807, 2.05) is 18.5 Å². The van der Waals surface area contributed by atoms with Crippen LogP contribution in [0.4, 0.5) is 0 Å². The Bertz CT molecular complexity index is 731. The van der Waals surface area contributed by atoms with Crippen LogP contribution in [-0.4, -0.2) is 28.5 Å². The van der Waals surface area contributed by atoms with Crippen molar-refractivity contribution in [1.29, 1.82) is 0 Å². The van der Waals surface area contributed by atoms with Crippen LogP contribution in [0.5, 0.6) is 0 Å². The molecular formula is C18H24ClN3O2. The minimum absolute atomic E-state index is 0. The number of rotatable bonds is 3. The van der Waals surface area contributed by atoms with E-state index in [-0.39, 0.29) is 29.8 Å². The van der Waals surface area contributed by atoms with Gasteiger partial charge in [0.1, 0.15) is 5.82 Å². The summed E-state index contributed by atoms with van der Waals surface area (Å²) in [5.74, 6) is 1.05. The van der Waals surface area contributed by atoms with Crippen LogP contribution in [0.1, 0.15) is 43.5 Å². The highest BCUT2D eigenvalue weighted by Gasteiger charge is 2.49. The minimum atomic E-state index is -0.288. The number of carbonyl (C=O) groups excluding carboxylic acids is 1. The zero-order valence-electron chi connectivity index (χ0n) is 14.0. The van der Waals surface area contributed by atoms with Crippen LogP contribution < -0.4 is 5.32 Å². The standard InChI is InChI=1S/C18H23N3O2.ClH/c1-13-5-4-9-21-15(13)11-19-17(21)18(7-8-18)20-16(22)14-6-2-3-10-23-12-14;/h4-5,9,11,14H,2-3,6-8,10,12H2,1H3,(H,20,22);1H. The van der Waals surface area contributed by atoms with Gasteiger partial charge in [-0.05, 0) is 44.2 Å². The Kier molecular flexibility index (Phi) is 4.83. The van der Waals surface area contributed by atoms with Crippen LogP contribution in [0, 0.1) is 12.8 Å². The maximum absolute atomic E-state index is 12.7. The number of fused-ring (bicyclic) bond motifs is 1. The quantitative estimate of drug-likeness (QED) is 0.926. The first-order chi connectivity index (χ1) is 11.2. The molecule has 2 aliphatic rings. The molecule has 0 aromatic carbocycles. The van der Waals surface area contributed by atoms with Gasteiger partial charge in [-0.15, -0.1) is 12.4 Å². The van der Waals surface area contributed by atoms with Gasteiger partial charge in [0, 0.05) is 12.8 Å². The van der Waals surface area contributed by atoms with Gasteiger partial charge < -0.3 is 14.5 Å². The average molecular weight is 350 g/mol. The number of halogens is 1. The molecule has 2 aromatic heterocycles. The Morgan fingerprint density at radius 2 is 2.25 bits per heavy atom. The number of carbonyl (C=O) groups is 1. The second-order valence-electron chi connectivity index (χ2n) is 6.87. The minimum Gasteiger partial charge on any atom is -0.381 e. The molecule has 1 saturated heterocycles. The Balaban J connectivity index is 0.00000169. The van der Waals surface area contributed by atoms with Crippen LogP contribution in [0.25, 0.3) is 5.52 Å². The molecule has 4 rings (SSSR count).